The van der Waals surface area contributed by atoms with Gasteiger partial charge in [-0.2, -0.15) is 27.0 Å². The van der Waals surface area contributed by atoms with E-state index in [1.165, 1.54) is 79.6 Å². The Morgan fingerprint density at radius 1 is 0.510 bits per heavy atom. The fraction of sp³-hybridized carbons (Fsp3) is 0.537. The van der Waals surface area contributed by atoms with Crippen LogP contribution in [0, 0.1) is 101 Å². The van der Waals surface area contributed by atoms with Crippen LogP contribution in [0.25, 0.3) is 22.3 Å². The number of nitrogens with zero attached hydrogens (tertiary/aromatic N) is 4. The van der Waals surface area contributed by atoms with E-state index in [2.05, 4.69) is 9.80 Å². The van der Waals surface area contributed by atoms with Gasteiger partial charge in [-0.1, -0.05) is 89.8 Å². The van der Waals surface area contributed by atoms with Crippen LogP contribution in [0.15, 0.2) is 82.6 Å². The number of likely N-dealkylation sites (tertiary alicyclic amines) is 2. The topological polar surface area (TPSA) is 178 Å². The van der Waals surface area contributed by atoms with E-state index >= 15 is 17.6 Å². The summed E-state index contributed by atoms with van der Waals surface area (Å²) in [6.45, 7) is 30.3. The van der Waals surface area contributed by atoms with E-state index in [0.29, 0.717) is 34.8 Å². The zero-order valence-corrected chi connectivity index (χ0v) is 64.7. The fourth-order valence-electron chi connectivity index (χ4n) is 16.7. The molecule has 2 aromatic heterocycles. The molecule has 0 amide bonds. The summed E-state index contributed by atoms with van der Waals surface area (Å²) in [5.41, 5.74) is 8.81. The second-order valence-electron chi connectivity index (χ2n) is 30.5. The molecule has 2 N–H and O–H groups in total. The zero-order chi connectivity index (χ0) is 71.2. The summed E-state index contributed by atoms with van der Waals surface area (Å²) in [7, 11) is 0. The SMILES string of the molecule is CCOC(=O)C[C@H](CC(=O)C(CC(C)C)n1cc(CCN2CC3(CCCC3)C2)c(C)cc1=O)c1c(F)c(C)cc(-c2c(C)cccc2C)c1F.Cc1cc(=O)n(C(CC(C)C)C(=O)C[C@@H](CC(=O)O)c2c(F)c(C)cc(-c3c(C)cccc3C)c2F)cc1CCN1CC2(CCCC2)C1.S.S.[Li+].[OH-]. The monoisotopic (exact) mass is 1440 g/mol. The molecular weight excluding hydrogens is 1330 g/mol. The standard InChI is InChI=1S/C42H54F2N2O4.C40H50F2N2O4.Li.H2O.2H2S/c1-8-50-37(49)22-32(39-40(43)30(7)19-33(41(39)44)38-27(4)12-11-13-28(38)5)21-35(47)34(18-26(2)3)46-23-31(29(6)20-36(46)48)14-17-45-24-42(25-45)15-9-10-16-42;1-24(2)16-32(44-21-29(27(5)18-34(44)46)12-15-43-22-40(23-43)13-7-8-14-40)33(45)19-30(20-35(47)48)37-38(41)28(6)17-31(39(37)42)36-25(3)10-9-11-26(36)4;;;;/h11-13,19-20,23,26,32,34H,8-10,14-18,21-22,24-25H2,1-7H3;9-11,17-18,21,24,30,32H,7-8,12-16,19-20,22-23H2,1-6H3,(H,47,48);;3*1H2/q;;+1;;;/p-1/t32-,34?;30-,32?;;;;/m00..../s1. The van der Waals surface area contributed by atoms with Crippen molar-refractivity contribution in [3.05, 3.63) is 184 Å². The third kappa shape index (κ3) is 20.1. The molecule has 2 aliphatic heterocycles. The third-order valence-electron chi connectivity index (χ3n) is 21.7. The molecule has 4 aromatic carbocycles. The Bertz CT molecular complexity index is 4030. The molecule has 102 heavy (non-hydrogen) atoms. The Balaban J connectivity index is 0.000000354. The number of carbonyl (C=O) groups is 4. The number of esters is 1. The number of Topliss-reactive ketones (excluding diaryl/α,β-unsaturated/α-hetero) is 2. The van der Waals surface area contributed by atoms with Crippen molar-refractivity contribution in [2.24, 2.45) is 22.7 Å². The second-order valence-corrected chi connectivity index (χ2v) is 30.5. The number of ether oxygens (including phenoxy) is 1. The molecule has 10 rings (SSSR count). The Morgan fingerprint density at radius 2 is 0.853 bits per heavy atom. The molecule has 2 saturated heterocycles. The molecular formula is C82H109F4LiN4O9S2. The van der Waals surface area contributed by atoms with Gasteiger partial charge in [-0.3, -0.25) is 28.8 Å². The first kappa shape index (κ1) is 86.6. The summed E-state index contributed by atoms with van der Waals surface area (Å²) in [6, 6.07) is 15.5. The minimum absolute atomic E-state index is 0. The number of carboxylic acid groups (broad SMARTS) is 1. The van der Waals surface area contributed by atoms with Gasteiger partial charge in [0.2, 0.25) is 0 Å². The predicted octanol–water partition coefficient (Wildman–Crippen LogP) is 14.0. The van der Waals surface area contributed by atoms with E-state index < -0.39 is 83.3 Å². The first-order chi connectivity index (χ1) is 46.4. The van der Waals surface area contributed by atoms with E-state index in [4.69, 9.17) is 4.74 Å². The van der Waals surface area contributed by atoms with Gasteiger partial charge in [-0.05, 0) is 215 Å². The molecule has 2 unspecified atom stereocenters. The molecule has 13 nitrogen and oxygen atoms in total. The number of pyridine rings is 2. The van der Waals surface area contributed by atoms with Crippen molar-refractivity contribution >= 4 is 50.5 Å². The van der Waals surface area contributed by atoms with Crippen molar-refractivity contribution < 1.29 is 70.9 Å². The van der Waals surface area contributed by atoms with Crippen LogP contribution >= 0.6 is 27.0 Å². The van der Waals surface area contributed by atoms with E-state index in [0.717, 1.165) is 96.6 Å². The predicted molar refractivity (Wildman–Crippen MR) is 403 cm³/mol. The van der Waals surface area contributed by atoms with Crippen molar-refractivity contribution in [2.45, 2.75) is 217 Å². The van der Waals surface area contributed by atoms with Crippen molar-refractivity contribution in [3.63, 3.8) is 0 Å². The Morgan fingerprint density at radius 3 is 1.18 bits per heavy atom. The van der Waals surface area contributed by atoms with Gasteiger partial charge < -0.3 is 34.3 Å². The number of hydrogen-bond donors (Lipinski definition) is 1. The zero-order valence-electron chi connectivity index (χ0n) is 62.7. The number of aryl methyl sites for hydroxylation is 8. The molecule has 4 aliphatic rings. The average Bonchev–Trinajstić information content (AvgIpc) is 1.01. The van der Waals surface area contributed by atoms with Gasteiger partial charge in [0, 0.05) is 111 Å². The van der Waals surface area contributed by atoms with Crippen LogP contribution in [0.1, 0.15) is 215 Å². The van der Waals surface area contributed by atoms with Gasteiger partial charge >= 0.3 is 30.8 Å². The summed E-state index contributed by atoms with van der Waals surface area (Å²) in [6.07, 6.45) is 14.6. The van der Waals surface area contributed by atoms with Gasteiger partial charge in [-0.25, -0.2) is 17.6 Å². The van der Waals surface area contributed by atoms with Crippen LogP contribution in [0.4, 0.5) is 17.6 Å². The van der Waals surface area contributed by atoms with Crippen molar-refractivity contribution in [2.75, 3.05) is 45.9 Å². The van der Waals surface area contributed by atoms with Crippen LogP contribution in [0.2, 0.25) is 0 Å². The molecule has 6 aromatic rings. The van der Waals surface area contributed by atoms with E-state index in [1.54, 1.807) is 32.2 Å². The van der Waals surface area contributed by atoms with Crippen molar-refractivity contribution in [3.8, 4) is 22.3 Å². The number of ketones is 2. The van der Waals surface area contributed by atoms with Gasteiger partial charge in [0.1, 0.15) is 23.3 Å². The molecule has 2 aliphatic carbocycles. The third-order valence-corrected chi connectivity index (χ3v) is 21.7. The van der Waals surface area contributed by atoms with E-state index in [9.17, 15) is 33.9 Å². The molecule has 2 saturated carbocycles. The van der Waals surface area contributed by atoms with Crippen LogP contribution in [-0.2, 0) is 36.8 Å². The molecule has 20 heteroatoms. The first-order valence-corrected chi connectivity index (χ1v) is 35.8. The number of carbonyl (C=O) groups excluding carboxylic acids is 3. The summed E-state index contributed by atoms with van der Waals surface area (Å²) in [5, 5.41) is 9.88. The number of rotatable bonds is 27. The summed E-state index contributed by atoms with van der Waals surface area (Å²) in [4.78, 5) is 85.6. The van der Waals surface area contributed by atoms with Crippen molar-refractivity contribution in [1.82, 2.24) is 18.9 Å². The minimum Gasteiger partial charge on any atom is -0.870 e. The summed E-state index contributed by atoms with van der Waals surface area (Å²) in [5.74, 6) is -8.22. The molecule has 552 valence electrons. The number of carboxylic acids is 1. The fourth-order valence-corrected chi connectivity index (χ4v) is 16.7. The van der Waals surface area contributed by atoms with E-state index in [-0.39, 0.29) is 127 Å². The molecule has 4 fully saturated rings. The van der Waals surface area contributed by atoms with Gasteiger partial charge in [0.05, 0.1) is 31.5 Å². The number of aromatic nitrogens is 2. The average molecular weight is 1440 g/mol. The summed E-state index contributed by atoms with van der Waals surface area (Å²) < 4.78 is 73.4. The van der Waals surface area contributed by atoms with Crippen LogP contribution in [0.5, 0.6) is 0 Å². The van der Waals surface area contributed by atoms with Crippen molar-refractivity contribution in [1.29, 1.82) is 0 Å². The maximum absolute atomic E-state index is 16.7. The molecule has 4 atom stereocenters. The van der Waals surface area contributed by atoms with Crippen LogP contribution in [0.3, 0.4) is 0 Å². The normalized spacial score (nSPS) is 16.3. The maximum Gasteiger partial charge on any atom is 1.00 e. The summed E-state index contributed by atoms with van der Waals surface area (Å²) >= 11 is 0. The van der Waals surface area contributed by atoms with Crippen LogP contribution in [-0.4, -0.2) is 98.9 Å². The molecule has 0 radical (unpaired) electrons. The molecule has 2 spiro atoms. The number of hydrogen-bond acceptors (Lipinski definition) is 10. The van der Waals surface area contributed by atoms with E-state index in [1.807, 2.05) is 112 Å². The first-order valence-electron chi connectivity index (χ1n) is 35.8. The molecule has 0 bridgehead atoms. The van der Waals surface area contributed by atoms with Gasteiger partial charge in [0.15, 0.2) is 11.6 Å². The smallest absolute Gasteiger partial charge is 0.870 e. The van der Waals surface area contributed by atoms with Crippen LogP contribution < -0.4 is 30.0 Å². The second kappa shape index (κ2) is 37.3. The molecule has 4 heterocycles. The number of halogens is 4. The quantitative estimate of drug-likeness (QED) is 0.0295. The number of benzene rings is 4. The van der Waals surface area contributed by atoms with Gasteiger partial charge in [-0.15, -0.1) is 0 Å². The van der Waals surface area contributed by atoms with Gasteiger partial charge in [0.25, 0.3) is 11.1 Å². The Kier molecular flexibility index (Phi) is 31.6. The largest absolute Gasteiger partial charge is 1.00 e. The minimum atomic E-state index is -1.26. The maximum atomic E-state index is 16.7. The Hall–Kier alpha value is -6.04. The number of aliphatic carboxylic acids is 1. The Labute approximate surface area is 627 Å².